The molecule has 2 fully saturated rings. The van der Waals surface area contributed by atoms with Crippen LogP contribution in [-0.4, -0.2) is 46.3 Å². The minimum Gasteiger partial charge on any atom is -0.333 e. The maximum atomic E-state index is 13.1. The van der Waals surface area contributed by atoms with Crippen LogP contribution >= 0.6 is 12.4 Å². The highest BCUT2D eigenvalue weighted by Crippen LogP contribution is 2.41. The average molecular weight is 355 g/mol. The molecule has 1 aliphatic heterocycles. The summed E-state index contributed by atoms with van der Waals surface area (Å²) in [7, 11) is 0. The summed E-state index contributed by atoms with van der Waals surface area (Å²) in [4.78, 5) is 15.1. The van der Waals surface area contributed by atoms with Crippen molar-refractivity contribution in [2.24, 2.45) is 0 Å². The summed E-state index contributed by atoms with van der Waals surface area (Å²) in [5.41, 5.74) is 1.78. The Balaban J connectivity index is 0.00000208. The number of hydrogen-bond donors (Lipinski definition) is 1. The van der Waals surface area contributed by atoms with Crippen molar-refractivity contribution in [3.8, 4) is 0 Å². The Morgan fingerprint density at radius 2 is 2.08 bits per heavy atom. The van der Waals surface area contributed by atoms with Crippen LogP contribution in [-0.2, 0) is 5.54 Å². The largest absolute Gasteiger partial charge is 0.333 e. The van der Waals surface area contributed by atoms with Gasteiger partial charge in [-0.3, -0.25) is 9.48 Å². The quantitative estimate of drug-likeness (QED) is 0.883. The van der Waals surface area contributed by atoms with E-state index in [1.54, 1.807) is 0 Å². The third kappa shape index (κ3) is 3.94. The lowest BCUT2D eigenvalue weighted by molar-refractivity contribution is 0.0684. The number of carbonyl (C=O) groups is 1. The Kier molecular flexibility index (Phi) is 5.97. The fraction of sp³-hybridized carbons (Fsp3) is 0.778. The molecule has 1 amide bonds. The number of halogens is 1. The smallest absolute Gasteiger partial charge is 0.274 e. The first kappa shape index (κ1) is 19.3. The van der Waals surface area contributed by atoms with Gasteiger partial charge in [-0.1, -0.05) is 6.92 Å². The van der Waals surface area contributed by atoms with Crippen LogP contribution in [0.3, 0.4) is 0 Å². The number of carbonyl (C=O) groups excluding carboxylic acids is 1. The summed E-state index contributed by atoms with van der Waals surface area (Å²) in [5.74, 6) is 0.696. The zero-order chi connectivity index (χ0) is 16.6. The molecule has 1 saturated carbocycles. The fourth-order valence-corrected chi connectivity index (χ4v) is 3.45. The number of aromatic nitrogens is 2. The molecule has 0 spiro atoms. The number of amides is 1. The molecule has 0 aromatic carbocycles. The van der Waals surface area contributed by atoms with Crippen molar-refractivity contribution in [2.75, 3.05) is 19.6 Å². The van der Waals surface area contributed by atoms with E-state index in [1.165, 1.54) is 18.5 Å². The van der Waals surface area contributed by atoms with E-state index in [4.69, 9.17) is 5.10 Å². The first-order valence-electron chi connectivity index (χ1n) is 9.04. The third-order valence-corrected chi connectivity index (χ3v) is 4.79. The van der Waals surface area contributed by atoms with Crippen LogP contribution in [0.25, 0.3) is 0 Å². The molecule has 5 nitrogen and oxygen atoms in total. The molecular weight excluding hydrogens is 324 g/mol. The van der Waals surface area contributed by atoms with Gasteiger partial charge >= 0.3 is 0 Å². The van der Waals surface area contributed by atoms with Gasteiger partial charge in [0.25, 0.3) is 5.91 Å². The molecule has 1 aliphatic carbocycles. The van der Waals surface area contributed by atoms with Crippen molar-refractivity contribution in [1.29, 1.82) is 0 Å². The summed E-state index contributed by atoms with van der Waals surface area (Å²) >= 11 is 0. The van der Waals surface area contributed by atoms with E-state index in [1.807, 2.05) is 4.90 Å². The molecule has 136 valence electrons. The van der Waals surface area contributed by atoms with Crippen molar-refractivity contribution in [3.05, 3.63) is 17.5 Å². The third-order valence-electron chi connectivity index (χ3n) is 4.79. The number of hydrogen-bond acceptors (Lipinski definition) is 3. The van der Waals surface area contributed by atoms with E-state index in [2.05, 4.69) is 43.8 Å². The van der Waals surface area contributed by atoms with Crippen molar-refractivity contribution >= 4 is 18.3 Å². The summed E-state index contributed by atoms with van der Waals surface area (Å²) < 4.78 is 2.08. The lowest BCUT2D eigenvalue weighted by Gasteiger charge is -2.27. The molecule has 0 bridgehead atoms. The molecule has 1 N–H and O–H groups in total. The van der Waals surface area contributed by atoms with E-state index < -0.39 is 0 Å². The standard InChI is InChI=1S/C18H30N4O.ClH/c1-5-10-21(14-8-9-19-12-14)17(23)15-11-16(13-6-7-13)22(20-15)18(2,3)4;/h11,13-14,19H,5-10,12H2,1-4H3;1H. The van der Waals surface area contributed by atoms with E-state index >= 15 is 0 Å². The normalized spacial score (nSPS) is 20.8. The number of nitrogens with zero attached hydrogens (tertiary/aromatic N) is 3. The SMILES string of the molecule is CCCN(C(=O)c1cc(C2CC2)n(C(C)(C)C)n1)C1CCNC1.Cl. The molecule has 1 aromatic heterocycles. The van der Waals surface area contributed by atoms with Gasteiger partial charge in [-0.05, 0) is 59.1 Å². The Bertz CT molecular complexity index is 568. The van der Waals surface area contributed by atoms with Gasteiger partial charge in [0.1, 0.15) is 0 Å². The fourth-order valence-electron chi connectivity index (χ4n) is 3.45. The van der Waals surface area contributed by atoms with Crippen LogP contribution in [0, 0.1) is 0 Å². The van der Waals surface area contributed by atoms with Crippen LogP contribution in [0.15, 0.2) is 6.07 Å². The van der Waals surface area contributed by atoms with Crippen LogP contribution in [0.5, 0.6) is 0 Å². The van der Waals surface area contributed by atoms with Crippen molar-refractivity contribution in [2.45, 2.75) is 70.9 Å². The number of nitrogens with one attached hydrogen (secondary N) is 1. The predicted octanol–water partition coefficient (Wildman–Crippen LogP) is 3.15. The van der Waals surface area contributed by atoms with Crippen LogP contribution in [0.1, 0.15) is 75.5 Å². The minimum absolute atomic E-state index is 0. The monoisotopic (exact) mass is 354 g/mol. The van der Waals surface area contributed by atoms with Crippen molar-refractivity contribution in [1.82, 2.24) is 20.0 Å². The zero-order valence-corrected chi connectivity index (χ0v) is 16.2. The van der Waals surface area contributed by atoms with Gasteiger partial charge in [-0.2, -0.15) is 5.10 Å². The molecule has 3 rings (SSSR count). The molecule has 1 atom stereocenters. The minimum atomic E-state index is -0.0824. The summed E-state index contributed by atoms with van der Waals surface area (Å²) in [6.07, 6.45) is 4.47. The van der Waals surface area contributed by atoms with Gasteiger partial charge in [0.2, 0.25) is 0 Å². The molecular formula is C18H31ClN4O. The Hall–Kier alpha value is -1.07. The van der Waals surface area contributed by atoms with Gasteiger partial charge in [0, 0.05) is 30.7 Å². The molecule has 6 heteroatoms. The van der Waals surface area contributed by atoms with Gasteiger partial charge < -0.3 is 10.2 Å². The first-order valence-corrected chi connectivity index (χ1v) is 9.04. The highest BCUT2D eigenvalue weighted by molar-refractivity contribution is 5.92. The highest BCUT2D eigenvalue weighted by Gasteiger charge is 2.34. The summed E-state index contributed by atoms with van der Waals surface area (Å²) in [6, 6.07) is 2.36. The summed E-state index contributed by atoms with van der Waals surface area (Å²) in [5, 5.41) is 8.09. The average Bonchev–Trinajstić information content (AvgIpc) is 3.03. The van der Waals surface area contributed by atoms with E-state index in [0.717, 1.165) is 32.5 Å². The van der Waals surface area contributed by atoms with Crippen LogP contribution in [0.2, 0.25) is 0 Å². The first-order chi connectivity index (χ1) is 10.9. The Morgan fingerprint density at radius 1 is 1.38 bits per heavy atom. The molecule has 1 saturated heterocycles. The summed E-state index contributed by atoms with van der Waals surface area (Å²) in [6.45, 7) is 11.3. The van der Waals surface area contributed by atoms with E-state index in [-0.39, 0.29) is 23.9 Å². The van der Waals surface area contributed by atoms with Crippen molar-refractivity contribution in [3.63, 3.8) is 0 Å². The van der Waals surface area contributed by atoms with E-state index in [9.17, 15) is 4.79 Å². The Labute approximate surface area is 151 Å². The lowest BCUT2D eigenvalue weighted by Crippen LogP contribution is -2.42. The second kappa shape index (κ2) is 7.44. The zero-order valence-electron chi connectivity index (χ0n) is 15.3. The van der Waals surface area contributed by atoms with Crippen LogP contribution in [0.4, 0.5) is 0 Å². The van der Waals surface area contributed by atoms with Gasteiger partial charge in [0.05, 0.1) is 5.54 Å². The second-order valence-corrected chi connectivity index (χ2v) is 7.96. The van der Waals surface area contributed by atoms with Gasteiger partial charge in [0.15, 0.2) is 5.69 Å². The van der Waals surface area contributed by atoms with Crippen LogP contribution < -0.4 is 5.32 Å². The highest BCUT2D eigenvalue weighted by atomic mass is 35.5. The predicted molar refractivity (Wildman–Crippen MR) is 99.0 cm³/mol. The van der Waals surface area contributed by atoms with E-state index in [0.29, 0.717) is 17.7 Å². The van der Waals surface area contributed by atoms with Gasteiger partial charge in [-0.15, -0.1) is 12.4 Å². The maximum Gasteiger partial charge on any atom is 0.274 e. The molecule has 2 aliphatic rings. The second-order valence-electron chi connectivity index (χ2n) is 7.96. The molecule has 2 heterocycles. The molecule has 0 radical (unpaired) electrons. The topological polar surface area (TPSA) is 50.2 Å². The lowest BCUT2D eigenvalue weighted by atomic mass is 10.1. The molecule has 1 unspecified atom stereocenters. The van der Waals surface area contributed by atoms with Crippen molar-refractivity contribution < 1.29 is 4.79 Å². The van der Waals surface area contributed by atoms with Gasteiger partial charge in [-0.25, -0.2) is 0 Å². The molecule has 24 heavy (non-hydrogen) atoms. The number of rotatable bonds is 5. The Morgan fingerprint density at radius 3 is 2.58 bits per heavy atom. The molecule has 1 aromatic rings. The maximum absolute atomic E-state index is 13.1.